The number of Topliss-reactive ketones (excluding diaryl/α,β-unsaturated/α-hetero) is 1. The maximum atomic E-state index is 13.3. The molecule has 256 valence electrons. The van der Waals surface area contributed by atoms with Crippen molar-refractivity contribution in [2.24, 2.45) is 23.7 Å². The Hall–Kier alpha value is -2.68. The fourth-order valence-electron chi connectivity index (χ4n) is 6.95. The number of fused-ring (bicyclic) bond motifs is 2. The standard InChI is InChI=1S/C33H43ClN2O4S.C5H8O/c1-5-7-23-16-27(34)12-14-28(23)26-19-36-18-25-10-13-29(25)31(39-4)9-6-8-21(2)22(3)41(38)35-33(37)24-11-15-32(40-20-26)30(36)17-24;1-4(6)5-2-3-5/h6,9,11-12,14-17,21-22,25-26,29,31H,5,7-8,10,13,18-20H2,1-4H3,(H,35,37);5H,2-3H2,1H3/b9-6+;. The predicted molar refractivity (Wildman–Crippen MR) is 191 cm³/mol. The molecule has 2 saturated carbocycles. The highest BCUT2D eigenvalue weighted by molar-refractivity contribution is 7.84. The lowest BCUT2D eigenvalue weighted by Gasteiger charge is -2.43. The van der Waals surface area contributed by atoms with Crippen LogP contribution in [0, 0.1) is 23.7 Å². The number of aryl methyl sites for hydroxylation is 1. The summed E-state index contributed by atoms with van der Waals surface area (Å²) >= 11 is 6.40. The number of allylic oxidation sites excluding steroid dienone is 1. The number of benzene rings is 2. The Balaban J connectivity index is 0.000000650. The van der Waals surface area contributed by atoms with Gasteiger partial charge in [-0.25, -0.2) is 4.21 Å². The summed E-state index contributed by atoms with van der Waals surface area (Å²) in [6.45, 7) is 10.0. The Morgan fingerprint density at radius 1 is 1.11 bits per heavy atom. The number of nitrogens with zero attached hydrogens (tertiary/aromatic N) is 1. The first-order valence-corrected chi connectivity index (χ1v) is 18.9. The molecule has 7 unspecified atom stereocenters. The fourth-order valence-corrected chi connectivity index (χ4v) is 8.17. The van der Waals surface area contributed by atoms with Gasteiger partial charge in [0.05, 0.1) is 23.6 Å². The summed E-state index contributed by atoms with van der Waals surface area (Å²) in [6, 6.07) is 11.8. The molecule has 2 fully saturated rings. The van der Waals surface area contributed by atoms with Crippen LogP contribution in [0.2, 0.25) is 5.02 Å². The minimum atomic E-state index is -1.50. The van der Waals surface area contributed by atoms with Gasteiger partial charge in [-0.2, -0.15) is 0 Å². The third kappa shape index (κ3) is 8.87. The van der Waals surface area contributed by atoms with E-state index in [1.165, 1.54) is 11.1 Å². The monoisotopic (exact) mass is 682 g/mol. The van der Waals surface area contributed by atoms with Gasteiger partial charge in [0, 0.05) is 42.6 Å². The SMILES string of the molecule is CC(=O)C1CC1.CCCc1cc(Cl)ccc1C1COc2ccc3cc2N(C1)CC1CCC1C(OC)/C=C/CC(C)C(C)S(=O)NC3=O. The number of halogens is 1. The summed E-state index contributed by atoms with van der Waals surface area (Å²) < 4.78 is 28.3. The van der Waals surface area contributed by atoms with E-state index in [-0.39, 0.29) is 29.1 Å². The molecule has 47 heavy (non-hydrogen) atoms. The molecular weight excluding hydrogens is 632 g/mol. The molecule has 0 radical (unpaired) electrons. The first-order valence-electron chi connectivity index (χ1n) is 17.3. The Morgan fingerprint density at radius 2 is 1.89 bits per heavy atom. The highest BCUT2D eigenvalue weighted by Gasteiger charge is 2.39. The maximum absolute atomic E-state index is 13.3. The maximum Gasteiger partial charge on any atom is 0.263 e. The molecule has 2 bridgehead atoms. The second kappa shape index (κ2) is 16.1. The summed E-state index contributed by atoms with van der Waals surface area (Å²) in [5.41, 5.74) is 3.95. The summed E-state index contributed by atoms with van der Waals surface area (Å²) in [4.78, 5) is 25.9. The summed E-state index contributed by atoms with van der Waals surface area (Å²) in [5.74, 6) is 2.47. The van der Waals surface area contributed by atoms with Crippen LogP contribution in [0.5, 0.6) is 5.75 Å². The zero-order valence-corrected chi connectivity index (χ0v) is 30.1. The molecule has 7 atom stereocenters. The normalized spacial score (nSPS) is 29.9. The predicted octanol–water partition coefficient (Wildman–Crippen LogP) is 7.68. The number of rotatable bonds is 5. The third-order valence-corrected chi connectivity index (χ3v) is 12.2. The van der Waals surface area contributed by atoms with Crippen molar-refractivity contribution in [3.05, 3.63) is 70.3 Å². The van der Waals surface area contributed by atoms with Crippen molar-refractivity contribution in [3.63, 3.8) is 0 Å². The highest BCUT2D eigenvalue weighted by atomic mass is 35.5. The van der Waals surface area contributed by atoms with Gasteiger partial charge < -0.3 is 14.4 Å². The van der Waals surface area contributed by atoms with Crippen molar-refractivity contribution in [1.29, 1.82) is 0 Å². The minimum Gasteiger partial charge on any atom is -0.491 e. The van der Waals surface area contributed by atoms with Crippen LogP contribution >= 0.6 is 11.6 Å². The highest BCUT2D eigenvalue weighted by Crippen LogP contribution is 2.43. The average molecular weight is 683 g/mol. The van der Waals surface area contributed by atoms with Gasteiger partial charge in [0.25, 0.3) is 5.91 Å². The molecule has 0 saturated heterocycles. The van der Waals surface area contributed by atoms with E-state index in [2.05, 4.69) is 47.8 Å². The molecule has 1 amide bonds. The molecule has 2 aromatic rings. The first kappa shape index (κ1) is 35.6. The average Bonchev–Trinajstić information content (AvgIpc) is 3.90. The number of ketones is 1. The van der Waals surface area contributed by atoms with E-state index in [1.807, 2.05) is 25.1 Å². The van der Waals surface area contributed by atoms with Gasteiger partial charge >= 0.3 is 0 Å². The van der Waals surface area contributed by atoms with E-state index in [9.17, 15) is 13.8 Å². The number of carbonyl (C=O) groups excluding carboxylic acids is 2. The van der Waals surface area contributed by atoms with Crippen molar-refractivity contribution in [2.45, 2.75) is 89.9 Å². The molecule has 4 aliphatic rings. The van der Waals surface area contributed by atoms with E-state index in [4.69, 9.17) is 21.1 Å². The van der Waals surface area contributed by atoms with Crippen LogP contribution in [0.3, 0.4) is 0 Å². The summed E-state index contributed by atoms with van der Waals surface area (Å²) in [5, 5.41) is 0.569. The van der Waals surface area contributed by atoms with E-state index in [0.717, 1.165) is 74.5 Å². The van der Waals surface area contributed by atoms with E-state index >= 15 is 0 Å². The second-order valence-corrected chi connectivity index (χ2v) is 15.8. The number of anilines is 1. The van der Waals surface area contributed by atoms with Crippen molar-refractivity contribution in [2.75, 3.05) is 31.7 Å². The lowest BCUT2D eigenvalue weighted by molar-refractivity contribution is -0.118. The molecule has 6 rings (SSSR count). The van der Waals surface area contributed by atoms with Gasteiger partial charge in [-0.1, -0.05) is 50.1 Å². The van der Waals surface area contributed by atoms with Crippen molar-refractivity contribution >= 4 is 40.0 Å². The Labute approximate surface area is 288 Å². The van der Waals surface area contributed by atoms with Crippen LogP contribution < -0.4 is 14.4 Å². The molecule has 7 nitrogen and oxygen atoms in total. The Kier molecular flexibility index (Phi) is 12.2. The molecule has 2 heterocycles. The van der Waals surface area contributed by atoms with E-state index < -0.39 is 11.0 Å². The zero-order valence-electron chi connectivity index (χ0n) is 28.5. The molecule has 1 N–H and O–H groups in total. The van der Waals surface area contributed by atoms with Crippen LogP contribution in [0.1, 0.15) is 93.6 Å². The zero-order chi connectivity index (χ0) is 33.7. The summed E-state index contributed by atoms with van der Waals surface area (Å²) in [6.07, 6.45) is 11.8. The molecule has 9 heteroatoms. The van der Waals surface area contributed by atoms with Crippen molar-refractivity contribution in [1.82, 2.24) is 4.72 Å². The Bertz CT molecular complexity index is 1480. The summed E-state index contributed by atoms with van der Waals surface area (Å²) in [7, 11) is 0.296. The van der Waals surface area contributed by atoms with Gasteiger partial charge in [-0.3, -0.25) is 14.3 Å². The Morgan fingerprint density at radius 3 is 2.53 bits per heavy atom. The van der Waals surface area contributed by atoms with Crippen LogP contribution in [0.4, 0.5) is 5.69 Å². The molecule has 0 spiro atoms. The van der Waals surface area contributed by atoms with E-state index in [1.54, 1.807) is 20.1 Å². The number of methoxy groups -OCH3 is 1. The topological polar surface area (TPSA) is 84.9 Å². The third-order valence-electron chi connectivity index (χ3n) is 10.5. The lowest BCUT2D eigenvalue weighted by atomic mass is 9.70. The molecular formula is C38H51ClN2O5S. The number of ether oxygens (including phenoxy) is 2. The van der Waals surface area contributed by atoms with Crippen LogP contribution in [0.15, 0.2) is 48.6 Å². The number of nitrogens with one attached hydrogen (secondary N) is 1. The van der Waals surface area contributed by atoms with Crippen LogP contribution in [-0.2, 0) is 26.9 Å². The fraction of sp³-hybridized carbons (Fsp3) is 0.579. The van der Waals surface area contributed by atoms with Crippen LogP contribution in [0.25, 0.3) is 0 Å². The van der Waals surface area contributed by atoms with Gasteiger partial charge in [0.1, 0.15) is 22.5 Å². The number of amides is 1. The van der Waals surface area contributed by atoms with E-state index in [0.29, 0.717) is 35.7 Å². The van der Waals surface area contributed by atoms with Gasteiger partial charge in [-0.05, 0) is 112 Å². The molecule has 2 aromatic carbocycles. The smallest absolute Gasteiger partial charge is 0.263 e. The van der Waals surface area contributed by atoms with Gasteiger partial charge in [0.15, 0.2) is 0 Å². The number of hydrogen-bond donors (Lipinski definition) is 1. The molecule has 2 aliphatic carbocycles. The van der Waals surface area contributed by atoms with Gasteiger partial charge in [0.2, 0.25) is 0 Å². The first-order chi connectivity index (χ1) is 22.6. The number of hydrogen-bond acceptors (Lipinski definition) is 6. The minimum absolute atomic E-state index is 0.0478. The van der Waals surface area contributed by atoms with Crippen molar-refractivity contribution in [3.8, 4) is 5.75 Å². The van der Waals surface area contributed by atoms with Gasteiger partial charge in [-0.15, -0.1) is 0 Å². The number of carbonyl (C=O) groups is 2. The lowest BCUT2D eigenvalue weighted by Crippen LogP contribution is -2.44. The van der Waals surface area contributed by atoms with Crippen molar-refractivity contribution < 1.29 is 23.3 Å². The van der Waals surface area contributed by atoms with Crippen LogP contribution in [-0.4, -0.2) is 54.1 Å². The molecule has 2 aliphatic heterocycles. The largest absolute Gasteiger partial charge is 0.491 e. The second-order valence-electron chi connectivity index (χ2n) is 13.8. The molecule has 0 aromatic heterocycles. The quantitative estimate of drug-likeness (QED) is 0.326.